The maximum absolute atomic E-state index is 7.50. The zero-order valence-corrected chi connectivity index (χ0v) is 15.4. The molecule has 0 bridgehead atoms. The Kier molecular flexibility index (Phi) is 42.1. The van der Waals surface area contributed by atoms with E-state index in [9.17, 15) is 0 Å². The summed E-state index contributed by atoms with van der Waals surface area (Å²) in [5.74, 6) is 0. The first-order chi connectivity index (χ1) is 9.63. The Balaban J connectivity index is -0.0000000823. The topological polar surface area (TPSA) is 79.6 Å². The van der Waals surface area contributed by atoms with Crippen LogP contribution in [0.5, 0.6) is 0 Å². The predicted octanol–water partition coefficient (Wildman–Crippen LogP) is 1.46. The fourth-order valence-corrected chi connectivity index (χ4v) is 4.96. The van der Waals surface area contributed by atoms with Gasteiger partial charge in [-0.1, -0.05) is 60.8 Å². The number of hydrogen-bond donors (Lipinski definition) is 0. The molecule has 112 valence electrons. The van der Waals surface area contributed by atoms with Gasteiger partial charge in [-0.2, -0.15) is 0 Å². The van der Waals surface area contributed by atoms with E-state index in [-0.39, 0.29) is 34.7 Å². The van der Waals surface area contributed by atoms with E-state index in [1.807, 2.05) is 0 Å². The summed E-state index contributed by atoms with van der Waals surface area (Å²) in [6.45, 7) is 27.5. The van der Waals surface area contributed by atoms with E-state index in [4.69, 9.17) is 18.6 Å². The molecule has 0 N–H and O–H groups in total. The minimum Gasteiger partial charge on any atom is 0 e. The molecule has 0 spiro atoms. The van der Waals surface area contributed by atoms with Gasteiger partial charge in [0.25, 0.3) is 0 Å². The van der Waals surface area contributed by atoms with Gasteiger partial charge in [-0.15, -0.1) is 0 Å². The van der Waals surface area contributed by atoms with Gasteiger partial charge in [-0.25, -0.2) is 0 Å². The minimum atomic E-state index is -0.261. The van der Waals surface area contributed by atoms with Gasteiger partial charge >= 0.3 is 45.2 Å². The van der Waals surface area contributed by atoms with E-state index in [1.54, 1.807) is 10.4 Å². The second-order valence-corrected chi connectivity index (χ2v) is 8.62. The van der Waals surface area contributed by atoms with Crippen LogP contribution in [-0.2, 0) is 35.7 Å². The summed E-state index contributed by atoms with van der Waals surface area (Å²) in [6.07, 6.45) is 0. The van der Waals surface area contributed by atoms with Crippen LogP contribution in [0.3, 0.4) is 0 Å². The smallest absolute Gasteiger partial charge is 0 e. The van der Waals surface area contributed by atoms with Crippen molar-refractivity contribution in [3.63, 3.8) is 0 Å². The zero-order chi connectivity index (χ0) is 17.1. The first-order valence-corrected chi connectivity index (χ1v) is 10.1. The summed E-state index contributed by atoms with van der Waals surface area (Å²) in [5, 5.41) is 3.28. The zero-order valence-electron chi connectivity index (χ0n) is 12.3. The molecule has 0 saturated carbocycles. The van der Waals surface area contributed by atoms with Gasteiger partial charge in [0.1, 0.15) is 0 Å². The molecular weight excluding hydrogens is 344 g/mol. The summed E-state index contributed by atoms with van der Waals surface area (Å²) < 4.78 is 30.0. The molecule has 0 heterocycles. The normalized spacial score (nSPS) is 6.76. The summed E-state index contributed by atoms with van der Waals surface area (Å²) in [5.41, 5.74) is 0. The van der Waals surface area contributed by atoms with Crippen LogP contribution in [0.25, 0.3) is 0 Å². The molecule has 7 heteroatoms. The van der Waals surface area contributed by atoms with E-state index >= 15 is 0 Å². The average molecular weight is 360 g/mol. The first-order valence-electron chi connectivity index (χ1n) is 5.14. The van der Waals surface area contributed by atoms with Crippen LogP contribution in [0.4, 0.5) is 0 Å². The monoisotopic (exact) mass is 360 g/mol. The molecular formula is C14H16FeO4Si2. The van der Waals surface area contributed by atoms with Crippen LogP contribution in [0.15, 0.2) is 24.3 Å². The van der Waals surface area contributed by atoms with Crippen LogP contribution >= 0.6 is 0 Å². The predicted molar refractivity (Wildman–Crippen MR) is 76.4 cm³/mol. The maximum atomic E-state index is 7.50. The van der Waals surface area contributed by atoms with E-state index in [1.165, 1.54) is 0 Å². The van der Waals surface area contributed by atoms with Crippen LogP contribution < -0.4 is 10.4 Å². The first kappa shape index (κ1) is 32.2. The molecule has 0 aliphatic carbocycles. The standard InChI is InChI=1S/C10H16Si2.4CO.Fe/c1-11(2)9-7-5-6-8-10(9)12(3)4;4*1-2;/h5-8H,1-4H3;;;;;. The molecule has 0 atom stereocenters. The van der Waals surface area contributed by atoms with Gasteiger partial charge in [0.2, 0.25) is 0 Å². The number of benzene rings is 1. The summed E-state index contributed by atoms with van der Waals surface area (Å²) in [7, 11) is -0.522. The van der Waals surface area contributed by atoms with Crippen LogP contribution in [0, 0.1) is 26.6 Å². The Labute approximate surface area is 140 Å². The SMILES string of the molecule is C[Si](C)c1ccccc1[Si](C)C.[C-]#[O+].[C-]#[O+].[C-]#[O+].[C-]#[O+].[Fe]. The molecule has 0 aromatic heterocycles. The van der Waals surface area contributed by atoms with E-state index < -0.39 is 0 Å². The Morgan fingerprint density at radius 1 is 0.619 bits per heavy atom. The number of rotatable bonds is 2. The third kappa shape index (κ3) is 17.1. The molecule has 1 aromatic rings. The molecule has 4 nitrogen and oxygen atoms in total. The summed E-state index contributed by atoms with van der Waals surface area (Å²) >= 11 is 0. The molecule has 2 radical (unpaired) electrons. The van der Waals surface area contributed by atoms with E-state index in [2.05, 4.69) is 77.1 Å². The van der Waals surface area contributed by atoms with Crippen molar-refractivity contribution in [2.45, 2.75) is 26.2 Å². The Morgan fingerprint density at radius 3 is 0.952 bits per heavy atom. The van der Waals surface area contributed by atoms with Crippen molar-refractivity contribution in [3.8, 4) is 0 Å². The maximum Gasteiger partial charge on any atom is 0 e. The summed E-state index contributed by atoms with van der Waals surface area (Å²) in [6, 6.07) is 8.95. The minimum absolute atomic E-state index is 0. The van der Waals surface area contributed by atoms with Crippen molar-refractivity contribution in [2.75, 3.05) is 0 Å². The Hall–Kier alpha value is -0.867. The fourth-order valence-electron chi connectivity index (χ4n) is 1.36. The van der Waals surface area contributed by atoms with Gasteiger partial charge in [-0.05, 0) is 0 Å². The molecule has 0 aliphatic rings. The van der Waals surface area contributed by atoms with Crippen LogP contribution in [0.1, 0.15) is 0 Å². The third-order valence-electron chi connectivity index (χ3n) is 2.00. The van der Waals surface area contributed by atoms with Crippen molar-refractivity contribution in [1.29, 1.82) is 0 Å². The molecule has 0 unspecified atom stereocenters. The van der Waals surface area contributed by atoms with Gasteiger partial charge in [0.15, 0.2) is 0 Å². The van der Waals surface area contributed by atoms with Crippen molar-refractivity contribution in [2.24, 2.45) is 0 Å². The average Bonchev–Trinajstić information content (AvgIpc) is 2.55. The van der Waals surface area contributed by atoms with Crippen LogP contribution in [-0.4, -0.2) is 17.6 Å². The van der Waals surface area contributed by atoms with E-state index in [0.717, 1.165) is 0 Å². The largest absolute Gasteiger partial charge is 0 e. The van der Waals surface area contributed by atoms with Crippen LogP contribution in [0.2, 0.25) is 26.2 Å². The van der Waals surface area contributed by atoms with Crippen molar-refractivity contribution in [1.82, 2.24) is 0 Å². The van der Waals surface area contributed by atoms with Crippen molar-refractivity contribution >= 4 is 28.0 Å². The molecule has 1 aromatic carbocycles. The van der Waals surface area contributed by atoms with E-state index in [0.29, 0.717) is 0 Å². The third-order valence-corrected chi connectivity index (χ3v) is 5.28. The van der Waals surface area contributed by atoms with Crippen molar-refractivity contribution < 1.29 is 35.7 Å². The van der Waals surface area contributed by atoms with Gasteiger partial charge < -0.3 is 0 Å². The second-order valence-electron chi connectivity index (χ2n) is 3.55. The van der Waals surface area contributed by atoms with Gasteiger partial charge in [0, 0.05) is 17.1 Å². The molecule has 21 heavy (non-hydrogen) atoms. The molecule has 1 rings (SSSR count). The summed E-state index contributed by atoms with van der Waals surface area (Å²) in [4.78, 5) is 0. The quantitative estimate of drug-likeness (QED) is 0.435. The number of hydrogen-bond acceptors (Lipinski definition) is 0. The second kappa shape index (κ2) is 27.5. The fraction of sp³-hybridized carbons (Fsp3) is 0.286. The molecule has 0 amide bonds. The van der Waals surface area contributed by atoms with Crippen molar-refractivity contribution in [3.05, 3.63) is 50.9 Å². The molecule has 0 saturated heterocycles. The Bertz CT molecular complexity index is 361. The Morgan fingerprint density at radius 2 is 0.810 bits per heavy atom. The molecule has 0 fully saturated rings. The molecule has 0 aliphatic heterocycles. The van der Waals surface area contributed by atoms with Gasteiger partial charge in [-0.3, -0.25) is 0 Å². The van der Waals surface area contributed by atoms with Gasteiger partial charge in [0.05, 0.1) is 17.6 Å².